The van der Waals surface area contributed by atoms with Gasteiger partial charge in [0.15, 0.2) is 0 Å². The zero-order valence-corrected chi connectivity index (χ0v) is 8.68. The zero-order chi connectivity index (χ0) is 8.72. The Labute approximate surface area is 78.9 Å². The van der Waals surface area contributed by atoms with Crippen molar-refractivity contribution in [3.05, 3.63) is 0 Å². The maximum absolute atomic E-state index is 6.13. The van der Waals surface area contributed by atoms with Crippen molar-refractivity contribution in [1.29, 1.82) is 0 Å². The summed E-state index contributed by atoms with van der Waals surface area (Å²) in [5.41, 5.74) is 6.13. The third-order valence-electron chi connectivity index (χ3n) is 3.53. The summed E-state index contributed by atoms with van der Waals surface area (Å²) < 4.78 is 0. The molecule has 2 bridgehead atoms. The number of likely N-dealkylation sites (tertiary alicyclic amines) is 1. The van der Waals surface area contributed by atoms with Gasteiger partial charge in [-0.2, -0.15) is 11.8 Å². The number of thioether (sulfide) groups is 1. The standard InChI is InChI=1S/C9H18N2S/c1-6-7-3-11(2)9(10)8(6)5-12-4-7/h6-9H,3-5,10H2,1-2H3. The average Bonchev–Trinajstić information content (AvgIpc) is 2.04. The summed E-state index contributed by atoms with van der Waals surface area (Å²) in [6, 6.07) is 0. The van der Waals surface area contributed by atoms with Crippen molar-refractivity contribution in [2.45, 2.75) is 13.1 Å². The van der Waals surface area contributed by atoms with Gasteiger partial charge in [0.2, 0.25) is 0 Å². The Kier molecular flexibility index (Phi) is 2.36. The van der Waals surface area contributed by atoms with E-state index in [0.717, 1.165) is 17.8 Å². The molecule has 3 heteroatoms. The van der Waals surface area contributed by atoms with Gasteiger partial charge in [-0.05, 0) is 36.3 Å². The molecule has 0 aromatic carbocycles. The summed E-state index contributed by atoms with van der Waals surface area (Å²) in [7, 11) is 2.16. The lowest BCUT2D eigenvalue weighted by Gasteiger charge is -2.48. The van der Waals surface area contributed by atoms with E-state index in [1.165, 1.54) is 18.1 Å². The maximum atomic E-state index is 6.13. The fourth-order valence-electron chi connectivity index (χ4n) is 2.46. The number of hydrogen-bond donors (Lipinski definition) is 1. The summed E-state index contributed by atoms with van der Waals surface area (Å²) in [4.78, 5) is 2.33. The van der Waals surface area contributed by atoms with Gasteiger partial charge in [0.1, 0.15) is 0 Å². The largest absolute Gasteiger partial charge is 0.315 e. The first-order valence-electron chi connectivity index (χ1n) is 4.73. The van der Waals surface area contributed by atoms with Crippen molar-refractivity contribution in [3.63, 3.8) is 0 Å². The Hall–Kier alpha value is 0.270. The average molecular weight is 186 g/mol. The normalized spacial score (nSPS) is 49.2. The van der Waals surface area contributed by atoms with E-state index < -0.39 is 0 Å². The van der Waals surface area contributed by atoms with E-state index >= 15 is 0 Å². The number of piperidine rings is 1. The smallest absolute Gasteiger partial charge is 0.0609 e. The molecule has 2 aliphatic heterocycles. The highest BCUT2D eigenvalue weighted by atomic mass is 32.2. The van der Waals surface area contributed by atoms with Crippen molar-refractivity contribution in [1.82, 2.24) is 4.90 Å². The van der Waals surface area contributed by atoms with Crippen LogP contribution in [-0.4, -0.2) is 36.2 Å². The molecule has 2 aliphatic rings. The molecule has 0 aromatic rings. The topological polar surface area (TPSA) is 29.3 Å². The molecule has 2 N–H and O–H groups in total. The lowest BCUT2D eigenvalue weighted by atomic mass is 9.78. The quantitative estimate of drug-likeness (QED) is 0.607. The van der Waals surface area contributed by atoms with Crippen LogP contribution in [-0.2, 0) is 0 Å². The molecule has 2 saturated heterocycles. The van der Waals surface area contributed by atoms with E-state index in [0.29, 0.717) is 6.17 Å². The number of nitrogens with zero attached hydrogens (tertiary/aromatic N) is 1. The molecule has 0 radical (unpaired) electrons. The zero-order valence-electron chi connectivity index (χ0n) is 7.86. The van der Waals surface area contributed by atoms with Gasteiger partial charge in [-0.3, -0.25) is 4.90 Å². The minimum atomic E-state index is 0.309. The highest BCUT2D eigenvalue weighted by Gasteiger charge is 2.40. The number of nitrogens with two attached hydrogens (primary N) is 1. The predicted molar refractivity (Wildman–Crippen MR) is 54.1 cm³/mol. The summed E-state index contributed by atoms with van der Waals surface area (Å²) >= 11 is 2.09. The molecule has 2 fully saturated rings. The Morgan fingerprint density at radius 3 is 2.92 bits per heavy atom. The first-order valence-corrected chi connectivity index (χ1v) is 5.89. The van der Waals surface area contributed by atoms with Crippen molar-refractivity contribution in [2.75, 3.05) is 25.1 Å². The number of rotatable bonds is 0. The molecule has 0 spiro atoms. The molecule has 0 aromatic heterocycles. The Morgan fingerprint density at radius 2 is 2.17 bits per heavy atom. The first-order chi connectivity index (χ1) is 5.70. The Balaban J connectivity index is 2.14. The van der Waals surface area contributed by atoms with E-state index in [1.807, 2.05) is 0 Å². The maximum Gasteiger partial charge on any atom is 0.0609 e. The second-order valence-electron chi connectivity index (χ2n) is 4.25. The molecule has 0 amide bonds. The highest BCUT2D eigenvalue weighted by molar-refractivity contribution is 7.99. The van der Waals surface area contributed by atoms with Crippen LogP contribution in [0, 0.1) is 17.8 Å². The Morgan fingerprint density at radius 1 is 1.42 bits per heavy atom. The van der Waals surface area contributed by atoms with Gasteiger partial charge in [-0.1, -0.05) is 6.92 Å². The summed E-state index contributed by atoms with van der Waals surface area (Å²) in [6.07, 6.45) is 0.309. The summed E-state index contributed by atoms with van der Waals surface area (Å²) in [5, 5.41) is 0. The van der Waals surface area contributed by atoms with E-state index in [9.17, 15) is 0 Å². The summed E-state index contributed by atoms with van der Waals surface area (Å²) in [5.74, 6) is 5.07. The molecule has 4 unspecified atom stereocenters. The van der Waals surface area contributed by atoms with E-state index in [-0.39, 0.29) is 0 Å². The summed E-state index contributed by atoms with van der Waals surface area (Å²) in [6.45, 7) is 3.58. The lowest BCUT2D eigenvalue weighted by molar-refractivity contribution is 0.0482. The van der Waals surface area contributed by atoms with E-state index in [2.05, 4.69) is 30.6 Å². The van der Waals surface area contributed by atoms with Crippen LogP contribution < -0.4 is 5.73 Å². The highest BCUT2D eigenvalue weighted by Crippen LogP contribution is 2.39. The van der Waals surface area contributed by atoms with Crippen molar-refractivity contribution in [3.8, 4) is 0 Å². The monoisotopic (exact) mass is 186 g/mol. The van der Waals surface area contributed by atoms with Crippen LogP contribution in [0.4, 0.5) is 0 Å². The van der Waals surface area contributed by atoms with Gasteiger partial charge in [-0.25, -0.2) is 0 Å². The second kappa shape index (κ2) is 3.20. The van der Waals surface area contributed by atoms with Crippen LogP contribution in [0.2, 0.25) is 0 Å². The van der Waals surface area contributed by atoms with Gasteiger partial charge in [0.25, 0.3) is 0 Å². The van der Waals surface area contributed by atoms with E-state index in [1.54, 1.807) is 0 Å². The van der Waals surface area contributed by atoms with Gasteiger partial charge >= 0.3 is 0 Å². The molecule has 2 nitrogen and oxygen atoms in total. The molecule has 2 heterocycles. The fraction of sp³-hybridized carbons (Fsp3) is 1.00. The van der Waals surface area contributed by atoms with Crippen molar-refractivity contribution >= 4 is 11.8 Å². The molecule has 2 rings (SSSR count). The molecule has 12 heavy (non-hydrogen) atoms. The van der Waals surface area contributed by atoms with Crippen LogP contribution in [0.25, 0.3) is 0 Å². The lowest BCUT2D eigenvalue weighted by Crippen LogP contribution is -2.58. The number of fused-ring (bicyclic) bond motifs is 2. The predicted octanol–water partition coefficient (Wildman–Crippen LogP) is 0.832. The third-order valence-corrected chi connectivity index (χ3v) is 4.82. The van der Waals surface area contributed by atoms with Crippen LogP contribution in [0.3, 0.4) is 0 Å². The third kappa shape index (κ3) is 1.28. The minimum absolute atomic E-state index is 0.309. The molecule has 70 valence electrons. The minimum Gasteiger partial charge on any atom is -0.315 e. The number of hydrogen-bond acceptors (Lipinski definition) is 3. The van der Waals surface area contributed by atoms with Gasteiger partial charge < -0.3 is 5.73 Å². The van der Waals surface area contributed by atoms with Crippen LogP contribution in [0.1, 0.15) is 6.92 Å². The van der Waals surface area contributed by atoms with Crippen LogP contribution >= 0.6 is 11.8 Å². The Bertz CT molecular complexity index is 170. The van der Waals surface area contributed by atoms with Crippen molar-refractivity contribution in [2.24, 2.45) is 23.5 Å². The van der Waals surface area contributed by atoms with Gasteiger partial charge in [-0.15, -0.1) is 0 Å². The van der Waals surface area contributed by atoms with Gasteiger partial charge in [0, 0.05) is 6.54 Å². The molecular formula is C9H18N2S. The first kappa shape index (κ1) is 8.85. The van der Waals surface area contributed by atoms with Crippen molar-refractivity contribution < 1.29 is 0 Å². The fourth-order valence-corrected chi connectivity index (χ4v) is 4.08. The molecular weight excluding hydrogens is 168 g/mol. The SMILES string of the molecule is CC1C2CSCC1C(N)N(C)C2. The van der Waals surface area contributed by atoms with Gasteiger partial charge in [0.05, 0.1) is 6.17 Å². The van der Waals surface area contributed by atoms with Crippen LogP contribution in [0.15, 0.2) is 0 Å². The van der Waals surface area contributed by atoms with Crippen LogP contribution in [0.5, 0.6) is 0 Å². The molecule has 0 saturated carbocycles. The molecule has 4 atom stereocenters. The molecule has 0 aliphatic carbocycles. The van der Waals surface area contributed by atoms with E-state index in [4.69, 9.17) is 5.73 Å². The second-order valence-corrected chi connectivity index (χ2v) is 5.33.